The third-order valence-corrected chi connectivity index (χ3v) is 2.94. The third kappa shape index (κ3) is 4.16. The van der Waals surface area contributed by atoms with Crippen LogP contribution in [0.15, 0.2) is 18.2 Å². The molecule has 0 fully saturated rings. The quantitative estimate of drug-likeness (QED) is 0.482. The molecule has 0 aliphatic carbocycles. The van der Waals surface area contributed by atoms with E-state index in [9.17, 15) is 19.7 Å². The minimum absolute atomic E-state index is 0.0979. The number of nitro groups is 1. The molecule has 1 amide bonds. The fourth-order valence-electron chi connectivity index (χ4n) is 1.56. The maximum atomic E-state index is 11.7. The van der Waals surface area contributed by atoms with Crippen molar-refractivity contribution in [2.24, 2.45) is 0 Å². The third-order valence-electron chi connectivity index (χ3n) is 2.94. The first kappa shape index (κ1) is 16.4. The van der Waals surface area contributed by atoms with Crippen molar-refractivity contribution in [1.82, 2.24) is 4.90 Å². The number of esters is 1. The Kier molecular flexibility index (Phi) is 5.65. The van der Waals surface area contributed by atoms with Crippen LogP contribution in [0.3, 0.4) is 0 Å². The summed E-state index contributed by atoms with van der Waals surface area (Å²) in [6.45, 7) is 2.25. The summed E-state index contributed by atoms with van der Waals surface area (Å²) in [6, 6.07) is 3.79. The van der Waals surface area contributed by atoms with E-state index in [2.05, 4.69) is 10.1 Å². The van der Waals surface area contributed by atoms with Crippen LogP contribution in [-0.2, 0) is 9.53 Å². The van der Waals surface area contributed by atoms with E-state index in [4.69, 9.17) is 0 Å². The fourth-order valence-corrected chi connectivity index (χ4v) is 1.56. The SMILES string of the molecule is CCN(C)C(=O)CNc1cc(C(=O)OC)ccc1[N+](=O)[O-]. The number of benzene rings is 1. The molecule has 0 bridgehead atoms. The van der Waals surface area contributed by atoms with E-state index in [1.54, 1.807) is 7.05 Å². The molecule has 1 aromatic rings. The molecule has 0 aliphatic heterocycles. The molecule has 1 rings (SSSR count). The van der Waals surface area contributed by atoms with E-state index in [-0.39, 0.29) is 29.4 Å². The number of ether oxygens (including phenoxy) is 1. The number of hydrogen-bond donors (Lipinski definition) is 1. The molecular formula is C13H17N3O5. The molecule has 1 aromatic carbocycles. The van der Waals surface area contributed by atoms with Gasteiger partial charge in [-0.15, -0.1) is 0 Å². The zero-order valence-electron chi connectivity index (χ0n) is 12.1. The molecule has 21 heavy (non-hydrogen) atoms. The second-order valence-electron chi connectivity index (χ2n) is 4.24. The zero-order chi connectivity index (χ0) is 16.0. The summed E-state index contributed by atoms with van der Waals surface area (Å²) in [4.78, 5) is 35.0. The lowest BCUT2D eigenvalue weighted by molar-refractivity contribution is -0.384. The van der Waals surface area contributed by atoms with Crippen LogP contribution in [0, 0.1) is 10.1 Å². The summed E-state index contributed by atoms with van der Waals surface area (Å²) in [7, 11) is 2.85. The van der Waals surface area contributed by atoms with Crippen molar-refractivity contribution < 1.29 is 19.2 Å². The molecule has 0 atom stereocenters. The topological polar surface area (TPSA) is 102 Å². The lowest BCUT2D eigenvalue weighted by Crippen LogP contribution is -2.32. The van der Waals surface area contributed by atoms with Gasteiger partial charge in [-0.25, -0.2) is 4.79 Å². The minimum Gasteiger partial charge on any atom is -0.465 e. The Morgan fingerprint density at radius 3 is 2.62 bits per heavy atom. The van der Waals surface area contributed by atoms with Gasteiger partial charge in [-0.2, -0.15) is 0 Å². The summed E-state index contributed by atoms with van der Waals surface area (Å²) >= 11 is 0. The number of carbonyl (C=O) groups excluding carboxylic acids is 2. The Balaban J connectivity index is 2.99. The number of nitrogens with one attached hydrogen (secondary N) is 1. The van der Waals surface area contributed by atoms with E-state index in [1.165, 1.54) is 30.2 Å². The van der Waals surface area contributed by atoms with E-state index in [1.807, 2.05) is 6.92 Å². The highest BCUT2D eigenvalue weighted by atomic mass is 16.6. The number of nitrogens with zero attached hydrogens (tertiary/aromatic N) is 2. The van der Waals surface area contributed by atoms with Crippen molar-refractivity contribution in [2.75, 3.05) is 32.6 Å². The van der Waals surface area contributed by atoms with Crippen LogP contribution in [0.1, 0.15) is 17.3 Å². The highest BCUT2D eigenvalue weighted by Crippen LogP contribution is 2.25. The number of anilines is 1. The molecule has 0 saturated heterocycles. The summed E-state index contributed by atoms with van der Waals surface area (Å²) in [5.74, 6) is -0.819. The highest BCUT2D eigenvalue weighted by Gasteiger charge is 2.18. The van der Waals surface area contributed by atoms with Gasteiger partial charge >= 0.3 is 5.97 Å². The monoisotopic (exact) mass is 295 g/mol. The van der Waals surface area contributed by atoms with Gasteiger partial charge in [0.25, 0.3) is 5.69 Å². The molecule has 114 valence electrons. The molecule has 0 saturated carbocycles. The van der Waals surface area contributed by atoms with Crippen molar-refractivity contribution in [2.45, 2.75) is 6.92 Å². The average molecular weight is 295 g/mol. The number of carbonyl (C=O) groups is 2. The second-order valence-corrected chi connectivity index (χ2v) is 4.24. The minimum atomic E-state index is -0.607. The molecule has 0 unspecified atom stereocenters. The molecule has 1 N–H and O–H groups in total. The normalized spacial score (nSPS) is 9.86. The summed E-state index contributed by atoms with van der Waals surface area (Å²) in [6.07, 6.45) is 0. The first-order valence-electron chi connectivity index (χ1n) is 6.25. The number of likely N-dealkylation sites (N-methyl/N-ethyl adjacent to an activating group) is 1. The van der Waals surface area contributed by atoms with Gasteiger partial charge in [0.1, 0.15) is 5.69 Å². The lowest BCUT2D eigenvalue weighted by Gasteiger charge is -2.15. The van der Waals surface area contributed by atoms with Gasteiger partial charge in [-0.1, -0.05) is 0 Å². The van der Waals surface area contributed by atoms with Gasteiger partial charge in [-0.3, -0.25) is 14.9 Å². The summed E-state index contributed by atoms with van der Waals surface area (Å²) < 4.78 is 4.56. The molecular weight excluding hydrogens is 278 g/mol. The van der Waals surface area contributed by atoms with Gasteiger partial charge in [0, 0.05) is 19.7 Å². The Bertz CT molecular complexity index is 559. The maximum absolute atomic E-state index is 11.7. The summed E-state index contributed by atoms with van der Waals surface area (Å²) in [5, 5.41) is 13.6. The van der Waals surface area contributed by atoms with Crippen LogP contribution in [0.25, 0.3) is 0 Å². The van der Waals surface area contributed by atoms with Gasteiger partial charge in [0.05, 0.1) is 24.1 Å². The lowest BCUT2D eigenvalue weighted by atomic mass is 10.1. The van der Waals surface area contributed by atoms with Crippen molar-refractivity contribution >= 4 is 23.3 Å². The Morgan fingerprint density at radius 2 is 2.10 bits per heavy atom. The Labute approximate surface area is 121 Å². The second kappa shape index (κ2) is 7.22. The van der Waals surface area contributed by atoms with Crippen LogP contribution in [0.2, 0.25) is 0 Å². The van der Waals surface area contributed by atoms with Crippen LogP contribution >= 0.6 is 0 Å². The summed E-state index contributed by atoms with van der Waals surface area (Å²) in [5.41, 5.74) is 0.0530. The number of amides is 1. The number of hydrogen-bond acceptors (Lipinski definition) is 6. The highest BCUT2D eigenvalue weighted by molar-refractivity contribution is 5.92. The van der Waals surface area contributed by atoms with Crippen LogP contribution in [0.5, 0.6) is 0 Å². The van der Waals surface area contributed by atoms with Gasteiger partial charge in [0.15, 0.2) is 0 Å². The molecule has 8 nitrogen and oxygen atoms in total. The first-order chi connectivity index (χ1) is 9.90. The molecule has 0 spiro atoms. The van der Waals surface area contributed by atoms with Crippen molar-refractivity contribution in [3.63, 3.8) is 0 Å². The largest absolute Gasteiger partial charge is 0.465 e. The first-order valence-corrected chi connectivity index (χ1v) is 6.25. The molecule has 0 radical (unpaired) electrons. The molecule has 0 heterocycles. The predicted octanol–water partition coefficient (Wildman–Crippen LogP) is 1.27. The van der Waals surface area contributed by atoms with Gasteiger partial charge in [-0.05, 0) is 19.1 Å². The zero-order valence-corrected chi connectivity index (χ0v) is 12.1. The molecule has 0 aromatic heterocycles. The van der Waals surface area contributed by atoms with Crippen LogP contribution < -0.4 is 5.32 Å². The number of nitro benzene ring substituents is 1. The standard InChI is InChI=1S/C13H17N3O5/c1-4-15(2)12(17)8-14-10-7-9(13(18)21-3)5-6-11(10)16(19)20/h5-7,14H,4,8H2,1-3H3. The van der Waals surface area contributed by atoms with Crippen LogP contribution in [-0.4, -0.2) is 48.9 Å². The fraction of sp³-hybridized carbons (Fsp3) is 0.385. The Morgan fingerprint density at radius 1 is 1.43 bits per heavy atom. The number of methoxy groups -OCH3 is 1. The predicted molar refractivity (Wildman–Crippen MR) is 76.2 cm³/mol. The van der Waals surface area contributed by atoms with Crippen molar-refractivity contribution in [1.29, 1.82) is 0 Å². The van der Waals surface area contributed by atoms with Crippen LogP contribution in [0.4, 0.5) is 11.4 Å². The molecule has 0 aliphatic rings. The van der Waals surface area contributed by atoms with Gasteiger partial charge < -0.3 is 15.0 Å². The molecule has 8 heteroatoms. The van der Waals surface area contributed by atoms with Crippen molar-refractivity contribution in [3.8, 4) is 0 Å². The van der Waals surface area contributed by atoms with Gasteiger partial charge in [0.2, 0.25) is 5.91 Å². The maximum Gasteiger partial charge on any atom is 0.337 e. The van der Waals surface area contributed by atoms with E-state index < -0.39 is 10.9 Å². The van der Waals surface area contributed by atoms with Crippen molar-refractivity contribution in [3.05, 3.63) is 33.9 Å². The average Bonchev–Trinajstić information content (AvgIpc) is 2.50. The van der Waals surface area contributed by atoms with E-state index in [0.717, 1.165) is 0 Å². The van der Waals surface area contributed by atoms with E-state index in [0.29, 0.717) is 6.54 Å². The smallest absolute Gasteiger partial charge is 0.337 e. The Hall–Kier alpha value is -2.64. The number of rotatable bonds is 6. The van der Waals surface area contributed by atoms with E-state index >= 15 is 0 Å².